The third-order valence-electron chi connectivity index (χ3n) is 4.17. The van der Waals surface area contributed by atoms with Crippen molar-refractivity contribution in [3.63, 3.8) is 0 Å². The average molecular weight is 292 g/mol. The van der Waals surface area contributed by atoms with Crippen LogP contribution in [0.25, 0.3) is 0 Å². The number of hydrogen-bond donors (Lipinski definition) is 1. The highest BCUT2D eigenvalue weighted by atomic mass is 32.1. The third-order valence-corrected chi connectivity index (χ3v) is 5.15. The van der Waals surface area contributed by atoms with Gasteiger partial charge in [0.05, 0.1) is 6.04 Å². The number of carbonyl (C=O) groups is 2. The molecule has 2 aliphatic rings. The Morgan fingerprint density at radius 2 is 2.25 bits per heavy atom. The van der Waals surface area contributed by atoms with Crippen LogP contribution in [0.4, 0.5) is 0 Å². The van der Waals surface area contributed by atoms with Crippen molar-refractivity contribution in [3.8, 4) is 0 Å². The molecule has 1 saturated heterocycles. The van der Waals surface area contributed by atoms with Crippen molar-refractivity contribution in [1.82, 2.24) is 10.2 Å². The molecule has 0 bridgehead atoms. The smallest absolute Gasteiger partial charge is 0.245 e. The van der Waals surface area contributed by atoms with Crippen molar-refractivity contribution < 1.29 is 9.59 Å². The maximum atomic E-state index is 12.8. The van der Waals surface area contributed by atoms with E-state index >= 15 is 0 Å². The van der Waals surface area contributed by atoms with Crippen molar-refractivity contribution >= 4 is 23.2 Å². The van der Waals surface area contributed by atoms with Gasteiger partial charge in [-0.25, -0.2) is 0 Å². The van der Waals surface area contributed by atoms with Crippen molar-refractivity contribution in [2.24, 2.45) is 5.92 Å². The largest absolute Gasteiger partial charge is 0.344 e. The van der Waals surface area contributed by atoms with E-state index in [0.717, 1.165) is 19.3 Å². The normalized spacial score (nSPS) is 25.2. The van der Waals surface area contributed by atoms with Crippen LogP contribution in [0.1, 0.15) is 43.5 Å². The number of amides is 2. The summed E-state index contributed by atoms with van der Waals surface area (Å²) in [7, 11) is 0. The number of thiophene rings is 1. The van der Waals surface area contributed by atoms with Crippen LogP contribution < -0.4 is 5.32 Å². The molecule has 2 amide bonds. The van der Waals surface area contributed by atoms with E-state index in [1.54, 1.807) is 11.3 Å². The molecule has 2 unspecified atom stereocenters. The number of nitrogens with zero attached hydrogens (tertiary/aromatic N) is 1. The van der Waals surface area contributed by atoms with E-state index in [2.05, 4.69) is 18.3 Å². The van der Waals surface area contributed by atoms with Crippen LogP contribution in [0.5, 0.6) is 0 Å². The first-order valence-electron chi connectivity index (χ1n) is 7.34. The Balaban J connectivity index is 1.85. The molecule has 5 heteroatoms. The molecule has 1 aliphatic carbocycles. The maximum absolute atomic E-state index is 12.8. The van der Waals surface area contributed by atoms with Crippen LogP contribution in [-0.4, -0.2) is 29.3 Å². The Labute approximate surface area is 123 Å². The Hall–Kier alpha value is -1.36. The summed E-state index contributed by atoms with van der Waals surface area (Å²) in [6.07, 6.45) is 3.41. The number of hydrogen-bond acceptors (Lipinski definition) is 3. The van der Waals surface area contributed by atoms with Crippen LogP contribution in [-0.2, 0) is 9.59 Å². The summed E-state index contributed by atoms with van der Waals surface area (Å²) in [6, 6.07) is 3.92. The van der Waals surface area contributed by atoms with E-state index in [0.29, 0.717) is 18.9 Å². The highest BCUT2D eigenvalue weighted by Gasteiger charge is 2.42. The van der Waals surface area contributed by atoms with Crippen LogP contribution >= 0.6 is 11.3 Å². The fourth-order valence-electron chi connectivity index (χ4n) is 2.93. The zero-order valence-electron chi connectivity index (χ0n) is 11.7. The van der Waals surface area contributed by atoms with Crippen LogP contribution in [0.2, 0.25) is 0 Å². The van der Waals surface area contributed by atoms with E-state index in [1.165, 1.54) is 4.88 Å². The molecule has 2 heterocycles. The number of rotatable bonds is 4. The molecule has 0 spiro atoms. The van der Waals surface area contributed by atoms with E-state index in [4.69, 9.17) is 0 Å². The lowest BCUT2D eigenvalue weighted by atomic mass is 10.1. The van der Waals surface area contributed by atoms with E-state index in [-0.39, 0.29) is 23.9 Å². The average Bonchev–Trinajstić information content (AvgIpc) is 3.16. The summed E-state index contributed by atoms with van der Waals surface area (Å²) in [5.41, 5.74) is 0. The molecular formula is C15H20N2O2S. The molecule has 108 valence electrons. The first kappa shape index (κ1) is 13.6. The molecule has 1 saturated carbocycles. The molecule has 2 fully saturated rings. The quantitative estimate of drug-likeness (QED) is 0.926. The number of nitrogens with one attached hydrogen (secondary N) is 1. The zero-order valence-corrected chi connectivity index (χ0v) is 12.5. The standard InChI is InChI=1S/C15H20N2O2S/c1-2-11(12-4-3-9-20-12)17-8-7-13(18)16-14(15(17)19)10-5-6-10/h3-4,9-11,14H,2,5-8H2,1H3,(H,16,18). The van der Waals surface area contributed by atoms with Crippen molar-refractivity contribution in [2.75, 3.05) is 6.54 Å². The van der Waals surface area contributed by atoms with Gasteiger partial charge in [-0.15, -0.1) is 11.3 Å². The van der Waals surface area contributed by atoms with E-state index in [1.807, 2.05) is 16.3 Å². The second-order valence-electron chi connectivity index (χ2n) is 5.60. The maximum Gasteiger partial charge on any atom is 0.245 e. The van der Waals surface area contributed by atoms with Gasteiger partial charge < -0.3 is 10.2 Å². The fraction of sp³-hybridized carbons (Fsp3) is 0.600. The monoisotopic (exact) mass is 292 g/mol. The third kappa shape index (κ3) is 2.59. The SMILES string of the molecule is CCC(c1cccs1)N1CCC(=O)NC(C2CC2)C1=O. The lowest BCUT2D eigenvalue weighted by molar-refractivity contribution is -0.136. The van der Waals surface area contributed by atoms with Crippen molar-refractivity contribution in [1.29, 1.82) is 0 Å². The van der Waals surface area contributed by atoms with Gasteiger partial charge in [0.25, 0.3) is 0 Å². The van der Waals surface area contributed by atoms with Crippen LogP contribution in [0.15, 0.2) is 17.5 Å². The first-order valence-corrected chi connectivity index (χ1v) is 8.22. The predicted molar refractivity (Wildman–Crippen MR) is 78.3 cm³/mol. The van der Waals surface area contributed by atoms with Gasteiger partial charge >= 0.3 is 0 Å². The van der Waals surface area contributed by atoms with Crippen molar-refractivity contribution in [2.45, 2.75) is 44.7 Å². The molecule has 1 N–H and O–H groups in total. The number of carbonyl (C=O) groups excluding carboxylic acids is 2. The Bertz CT molecular complexity index is 496. The minimum atomic E-state index is -0.293. The van der Waals surface area contributed by atoms with Gasteiger partial charge in [0.15, 0.2) is 0 Å². The lowest BCUT2D eigenvalue weighted by Crippen LogP contribution is -2.47. The van der Waals surface area contributed by atoms with Gasteiger partial charge in [0, 0.05) is 17.8 Å². The molecule has 1 aromatic heterocycles. The summed E-state index contributed by atoms with van der Waals surface area (Å²) in [5.74, 6) is 0.477. The molecule has 3 rings (SSSR count). The molecular weight excluding hydrogens is 272 g/mol. The molecule has 0 aromatic carbocycles. The summed E-state index contributed by atoms with van der Waals surface area (Å²) >= 11 is 1.68. The zero-order chi connectivity index (χ0) is 14.1. The molecule has 2 atom stereocenters. The minimum Gasteiger partial charge on any atom is -0.344 e. The van der Waals surface area contributed by atoms with Crippen LogP contribution in [0.3, 0.4) is 0 Å². The second-order valence-corrected chi connectivity index (χ2v) is 6.58. The van der Waals surface area contributed by atoms with Crippen molar-refractivity contribution in [3.05, 3.63) is 22.4 Å². The fourth-order valence-corrected chi connectivity index (χ4v) is 3.86. The first-order chi connectivity index (χ1) is 9.70. The highest BCUT2D eigenvalue weighted by Crippen LogP contribution is 2.36. The van der Waals surface area contributed by atoms with Gasteiger partial charge in [-0.1, -0.05) is 13.0 Å². The Kier molecular flexibility index (Phi) is 3.78. The molecule has 0 radical (unpaired) electrons. The van der Waals surface area contributed by atoms with Gasteiger partial charge in [0.1, 0.15) is 6.04 Å². The van der Waals surface area contributed by atoms with Gasteiger partial charge in [-0.05, 0) is 36.6 Å². The summed E-state index contributed by atoms with van der Waals surface area (Å²) < 4.78 is 0. The van der Waals surface area contributed by atoms with Gasteiger partial charge in [-0.2, -0.15) is 0 Å². The molecule has 20 heavy (non-hydrogen) atoms. The molecule has 4 nitrogen and oxygen atoms in total. The lowest BCUT2D eigenvalue weighted by Gasteiger charge is -2.31. The summed E-state index contributed by atoms with van der Waals surface area (Å²) in [6.45, 7) is 2.63. The second kappa shape index (κ2) is 5.56. The van der Waals surface area contributed by atoms with Crippen LogP contribution in [0, 0.1) is 5.92 Å². The molecule has 1 aliphatic heterocycles. The predicted octanol–water partition coefficient (Wildman–Crippen LogP) is 2.33. The molecule has 1 aromatic rings. The topological polar surface area (TPSA) is 49.4 Å². The Morgan fingerprint density at radius 1 is 1.45 bits per heavy atom. The minimum absolute atomic E-state index is 0.0128. The van der Waals surface area contributed by atoms with Gasteiger partial charge in [-0.3, -0.25) is 9.59 Å². The summed E-state index contributed by atoms with van der Waals surface area (Å²) in [5, 5.41) is 4.96. The highest BCUT2D eigenvalue weighted by molar-refractivity contribution is 7.10. The van der Waals surface area contributed by atoms with Gasteiger partial charge in [0.2, 0.25) is 11.8 Å². The van der Waals surface area contributed by atoms with E-state index in [9.17, 15) is 9.59 Å². The summed E-state index contributed by atoms with van der Waals surface area (Å²) in [4.78, 5) is 27.7. The Morgan fingerprint density at radius 3 is 2.85 bits per heavy atom. The van der Waals surface area contributed by atoms with E-state index < -0.39 is 0 Å².